The zero-order valence-corrected chi connectivity index (χ0v) is 9.82. The summed E-state index contributed by atoms with van der Waals surface area (Å²) < 4.78 is 0. The van der Waals surface area contributed by atoms with Crippen molar-refractivity contribution in [2.45, 2.75) is 6.92 Å². The van der Waals surface area contributed by atoms with Crippen molar-refractivity contribution >= 4 is 22.5 Å². The number of aromatic nitrogens is 3. The van der Waals surface area contributed by atoms with Gasteiger partial charge in [-0.25, -0.2) is 0 Å². The monoisotopic (exact) mass is 240 g/mol. The first-order valence-electron chi connectivity index (χ1n) is 5.62. The number of anilines is 1. The Morgan fingerprint density at radius 3 is 3.00 bits per heavy atom. The Morgan fingerprint density at radius 1 is 1.33 bits per heavy atom. The molecule has 2 aromatic heterocycles. The van der Waals surface area contributed by atoms with Crippen LogP contribution in [0.4, 0.5) is 5.69 Å². The number of aryl methyl sites for hydroxylation is 1. The molecule has 0 atom stereocenters. The highest BCUT2D eigenvalue weighted by atomic mass is 16.1. The van der Waals surface area contributed by atoms with Crippen LogP contribution >= 0.6 is 0 Å². The Hall–Kier alpha value is -2.56. The fourth-order valence-electron chi connectivity index (χ4n) is 1.91. The summed E-state index contributed by atoms with van der Waals surface area (Å²) in [6.07, 6.45) is 3.50. The van der Waals surface area contributed by atoms with E-state index >= 15 is 0 Å². The van der Waals surface area contributed by atoms with Gasteiger partial charge in [0.2, 0.25) is 0 Å². The van der Waals surface area contributed by atoms with Crippen molar-refractivity contribution in [1.82, 2.24) is 15.2 Å². The molecule has 1 amide bonds. The minimum atomic E-state index is -0.118. The molecule has 0 aliphatic heterocycles. The standard InChI is InChI=1S/C13H12N4O/c1-8-11(4-5-14-8)13(18)16-10-3-2-9-7-15-17-12(9)6-10/h2-7,14H,1H3,(H,15,17)(H,16,18). The predicted octanol–water partition coefficient (Wildman–Crippen LogP) is 2.45. The predicted molar refractivity (Wildman–Crippen MR) is 69.6 cm³/mol. The molecule has 0 unspecified atom stereocenters. The molecule has 3 aromatic rings. The third kappa shape index (κ3) is 1.75. The van der Waals surface area contributed by atoms with E-state index in [1.807, 2.05) is 25.1 Å². The number of carbonyl (C=O) groups excluding carboxylic acids is 1. The normalized spacial score (nSPS) is 10.7. The SMILES string of the molecule is Cc1[nH]ccc1C(=O)Nc1ccc2cn[nH]c2c1. The Balaban J connectivity index is 1.88. The molecule has 0 saturated heterocycles. The number of fused-ring (bicyclic) bond motifs is 1. The molecule has 2 heterocycles. The fraction of sp³-hybridized carbons (Fsp3) is 0.0769. The topological polar surface area (TPSA) is 73.6 Å². The largest absolute Gasteiger partial charge is 0.365 e. The minimum absolute atomic E-state index is 0.118. The average molecular weight is 240 g/mol. The molecule has 1 aromatic carbocycles. The Kier molecular flexibility index (Phi) is 2.37. The van der Waals surface area contributed by atoms with Crippen molar-refractivity contribution < 1.29 is 4.79 Å². The van der Waals surface area contributed by atoms with Crippen molar-refractivity contribution in [2.75, 3.05) is 5.32 Å². The third-order valence-corrected chi connectivity index (χ3v) is 2.90. The van der Waals surface area contributed by atoms with E-state index in [0.717, 1.165) is 22.3 Å². The lowest BCUT2D eigenvalue weighted by Crippen LogP contribution is -2.12. The molecule has 5 heteroatoms. The summed E-state index contributed by atoms with van der Waals surface area (Å²) in [5.74, 6) is -0.118. The smallest absolute Gasteiger partial charge is 0.257 e. The Morgan fingerprint density at radius 2 is 2.22 bits per heavy atom. The third-order valence-electron chi connectivity index (χ3n) is 2.90. The van der Waals surface area contributed by atoms with Gasteiger partial charge in [-0.15, -0.1) is 0 Å². The van der Waals surface area contributed by atoms with Crippen LogP contribution in [0.1, 0.15) is 16.1 Å². The van der Waals surface area contributed by atoms with Gasteiger partial charge in [0.25, 0.3) is 5.91 Å². The van der Waals surface area contributed by atoms with Crippen LogP contribution in [0.5, 0.6) is 0 Å². The highest BCUT2D eigenvalue weighted by molar-refractivity contribution is 6.05. The summed E-state index contributed by atoms with van der Waals surface area (Å²) in [7, 11) is 0. The van der Waals surface area contributed by atoms with Gasteiger partial charge >= 0.3 is 0 Å². The Bertz CT molecular complexity index is 710. The number of hydrogen-bond donors (Lipinski definition) is 3. The summed E-state index contributed by atoms with van der Waals surface area (Å²) in [5, 5.41) is 10.7. The lowest BCUT2D eigenvalue weighted by molar-refractivity contribution is 0.102. The number of carbonyl (C=O) groups is 1. The van der Waals surface area contributed by atoms with Crippen molar-refractivity contribution in [3.63, 3.8) is 0 Å². The number of nitrogens with one attached hydrogen (secondary N) is 3. The molecule has 0 spiro atoms. The van der Waals surface area contributed by atoms with Gasteiger partial charge in [0, 0.05) is 23.0 Å². The van der Waals surface area contributed by atoms with Gasteiger partial charge in [-0.3, -0.25) is 9.89 Å². The number of benzene rings is 1. The summed E-state index contributed by atoms with van der Waals surface area (Å²) in [4.78, 5) is 15.0. The van der Waals surface area contributed by atoms with E-state index in [2.05, 4.69) is 20.5 Å². The van der Waals surface area contributed by atoms with Gasteiger partial charge in [-0.1, -0.05) is 0 Å². The van der Waals surface area contributed by atoms with Crippen molar-refractivity contribution in [2.24, 2.45) is 0 Å². The average Bonchev–Trinajstić information content (AvgIpc) is 2.96. The van der Waals surface area contributed by atoms with Gasteiger partial charge in [-0.2, -0.15) is 5.10 Å². The van der Waals surface area contributed by atoms with Crippen LogP contribution in [0, 0.1) is 6.92 Å². The molecule has 3 N–H and O–H groups in total. The van der Waals surface area contributed by atoms with E-state index in [0.29, 0.717) is 5.56 Å². The maximum absolute atomic E-state index is 12.0. The fourth-order valence-corrected chi connectivity index (χ4v) is 1.91. The quantitative estimate of drug-likeness (QED) is 0.643. The van der Waals surface area contributed by atoms with Crippen LogP contribution in [0.15, 0.2) is 36.7 Å². The van der Waals surface area contributed by atoms with E-state index in [4.69, 9.17) is 0 Å². The van der Waals surface area contributed by atoms with Gasteiger partial charge in [0.15, 0.2) is 0 Å². The molecule has 3 rings (SSSR count). The zero-order chi connectivity index (χ0) is 12.5. The molecule has 90 valence electrons. The van der Waals surface area contributed by atoms with E-state index in [-0.39, 0.29) is 5.91 Å². The van der Waals surface area contributed by atoms with Crippen molar-refractivity contribution in [1.29, 1.82) is 0 Å². The molecule has 0 aliphatic carbocycles. The Labute approximate surface area is 103 Å². The second-order valence-corrected chi connectivity index (χ2v) is 4.14. The van der Waals surface area contributed by atoms with Gasteiger partial charge < -0.3 is 10.3 Å². The van der Waals surface area contributed by atoms with E-state index in [1.165, 1.54) is 0 Å². The minimum Gasteiger partial charge on any atom is -0.365 e. The summed E-state index contributed by atoms with van der Waals surface area (Å²) in [5.41, 5.74) is 3.16. The maximum atomic E-state index is 12.0. The van der Waals surface area contributed by atoms with Gasteiger partial charge in [-0.05, 0) is 31.2 Å². The maximum Gasteiger partial charge on any atom is 0.257 e. The summed E-state index contributed by atoms with van der Waals surface area (Å²) in [6.45, 7) is 1.87. The summed E-state index contributed by atoms with van der Waals surface area (Å²) in [6, 6.07) is 7.40. The zero-order valence-electron chi connectivity index (χ0n) is 9.82. The number of aromatic amines is 2. The second-order valence-electron chi connectivity index (χ2n) is 4.14. The number of nitrogens with zero attached hydrogens (tertiary/aromatic N) is 1. The number of rotatable bonds is 2. The van der Waals surface area contributed by atoms with Crippen molar-refractivity contribution in [3.8, 4) is 0 Å². The first-order valence-corrected chi connectivity index (χ1v) is 5.62. The number of H-pyrrole nitrogens is 2. The first kappa shape index (κ1) is 10.6. The lowest BCUT2D eigenvalue weighted by atomic mass is 10.2. The molecule has 0 saturated carbocycles. The molecular weight excluding hydrogens is 228 g/mol. The lowest BCUT2D eigenvalue weighted by Gasteiger charge is -2.04. The van der Waals surface area contributed by atoms with E-state index in [9.17, 15) is 4.79 Å². The van der Waals surface area contributed by atoms with Crippen molar-refractivity contribution in [3.05, 3.63) is 47.9 Å². The van der Waals surface area contributed by atoms with Crippen LogP contribution in [-0.2, 0) is 0 Å². The van der Waals surface area contributed by atoms with Crippen LogP contribution in [-0.4, -0.2) is 21.1 Å². The van der Waals surface area contributed by atoms with E-state index in [1.54, 1.807) is 18.5 Å². The molecule has 0 fully saturated rings. The summed E-state index contributed by atoms with van der Waals surface area (Å²) >= 11 is 0. The van der Waals surface area contributed by atoms with E-state index < -0.39 is 0 Å². The molecule has 0 aliphatic rings. The number of hydrogen-bond acceptors (Lipinski definition) is 2. The molecule has 0 radical (unpaired) electrons. The first-order chi connectivity index (χ1) is 8.74. The van der Waals surface area contributed by atoms with Crippen LogP contribution in [0.3, 0.4) is 0 Å². The van der Waals surface area contributed by atoms with Gasteiger partial charge in [0.1, 0.15) is 0 Å². The van der Waals surface area contributed by atoms with Gasteiger partial charge in [0.05, 0.1) is 17.3 Å². The van der Waals surface area contributed by atoms with Crippen LogP contribution < -0.4 is 5.32 Å². The molecular formula is C13H12N4O. The highest BCUT2D eigenvalue weighted by Gasteiger charge is 2.10. The molecule has 0 bridgehead atoms. The highest BCUT2D eigenvalue weighted by Crippen LogP contribution is 2.17. The van der Waals surface area contributed by atoms with Crippen LogP contribution in [0.2, 0.25) is 0 Å². The molecule has 18 heavy (non-hydrogen) atoms. The van der Waals surface area contributed by atoms with Crippen LogP contribution in [0.25, 0.3) is 10.9 Å². The number of amides is 1. The second kappa shape index (κ2) is 4.03. The molecule has 5 nitrogen and oxygen atoms in total.